The minimum atomic E-state index is -5.08. The maximum absolute atomic E-state index is 12.7. The molecule has 0 fully saturated rings. The van der Waals surface area contributed by atoms with Gasteiger partial charge in [-0.15, -0.1) is 0 Å². The second kappa shape index (κ2) is 6.49. The van der Waals surface area contributed by atoms with Gasteiger partial charge in [-0.05, 0) is 28.0 Å². The fourth-order valence-electron chi connectivity index (χ4n) is 1.24. The maximum atomic E-state index is 12.7. The summed E-state index contributed by atoms with van der Waals surface area (Å²) < 4.78 is 47.3. The summed E-state index contributed by atoms with van der Waals surface area (Å²) in [6.45, 7) is 0. The summed E-state index contributed by atoms with van der Waals surface area (Å²) in [6.07, 6.45) is 0. The molecule has 8 heteroatoms. The predicted octanol–water partition coefficient (Wildman–Crippen LogP) is 2.99. The molecule has 0 atom stereocenters. The largest absolute Gasteiger partial charge is 0.429 e. The average Bonchev–Trinajstić information content (AvgIpc) is 2.39. The number of hydrogen-bond donors (Lipinski definition) is 0. The molecule has 0 aromatic heterocycles. The average molecular weight is 315 g/mol. The molecule has 0 aliphatic carbocycles. The Morgan fingerprint density at radius 1 is 0.850 bits per heavy atom. The topological polar surface area (TPSA) is 65.0 Å². The van der Waals surface area contributed by atoms with Crippen LogP contribution in [-0.2, 0) is 21.7 Å². The van der Waals surface area contributed by atoms with Crippen molar-refractivity contribution in [1.29, 1.82) is 0 Å². The van der Waals surface area contributed by atoms with Gasteiger partial charge in [-0.1, -0.05) is 40.3 Å². The SMILES string of the molecule is O=S(=O)(F)N=S(Oc1ccccc1)Oc1ccccc1. The van der Waals surface area contributed by atoms with E-state index in [2.05, 4.69) is 3.77 Å². The molecule has 2 aromatic rings. The Hall–Kier alpha value is -1.93. The number of para-hydroxylation sites is 2. The summed E-state index contributed by atoms with van der Waals surface area (Å²) in [7, 11) is -5.08. The molecule has 0 heterocycles. The molecule has 0 saturated carbocycles. The normalized spacial score (nSPS) is 11.1. The molecule has 0 aliphatic heterocycles. The molecule has 0 saturated heterocycles. The molecule has 0 spiro atoms. The van der Waals surface area contributed by atoms with Gasteiger partial charge in [-0.2, -0.15) is 8.42 Å². The Bertz CT molecular complexity index is 646. The van der Waals surface area contributed by atoms with Crippen LogP contribution in [0.15, 0.2) is 64.4 Å². The molecule has 0 radical (unpaired) electrons. The zero-order valence-corrected chi connectivity index (χ0v) is 11.7. The van der Waals surface area contributed by atoms with Gasteiger partial charge < -0.3 is 8.37 Å². The summed E-state index contributed by atoms with van der Waals surface area (Å²) in [5.41, 5.74) is 0. The number of nitrogens with zero attached hydrogens (tertiary/aromatic N) is 1. The van der Waals surface area contributed by atoms with Gasteiger partial charge in [-0.3, -0.25) is 0 Å². The van der Waals surface area contributed by atoms with Crippen molar-refractivity contribution in [3.63, 3.8) is 0 Å². The van der Waals surface area contributed by atoms with Gasteiger partial charge in [0.2, 0.25) is 0 Å². The number of hydrogen-bond acceptors (Lipinski definition) is 4. The van der Waals surface area contributed by atoms with Gasteiger partial charge in [0.25, 0.3) is 0 Å². The molecular formula is C12H10FNO4S2. The summed E-state index contributed by atoms with van der Waals surface area (Å²) in [6, 6.07) is 16.6. The van der Waals surface area contributed by atoms with E-state index in [1.165, 1.54) is 0 Å². The Kier molecular flexibility index (Phi) is 4.70. The summed E-state index contributed by atoms with van der Waals surface area (Å²) >= 11 is -1.93. The van der Waals surface area contributed by atoms with Crippen molar-refractivity contribution in [2.75, 3.05) is 0 Å². The second-order valence-electron chi connectivity index (χ2n) is 3.50. The lowest BCUT2D eigenvalue weighted by Crippen LogP contribution is -2.09. The van der Waals surface area contributed by atoms with Crippen LogP contribution in [0, 0.1) is 0 Å². The highest BCUT2D eigenvalue weighted by Crippen LogP contribution is 2.16. The van der Waals surface area contributed by atoms with Gasteiger partial charge in [0, 0.05) is 0 Å². The van der Waals surface area contributed by atoms with Gasteiger partial charge in [-0.25, -0.2) is 0 Å². The fourth-order valence-corrected chi connectivity index (χ4v) is 2.65. The highest BCUT2D eigenvalue weighted by Gasteiger charge is 2.12. The summed E-state index contributed by atoms with van der Waals surface area (Å²) in [5, 5.41) is 0. The molecule has 2 rings (SSSR count). The summed E-state index contributed by atoms with van der Waals surface area (Å²) in [4.78, 5) is 0. The van der Waals surface area contributed by atoms with Gasteiger partial charge in [0.05, 0.1) is 0 Å². The van der Waals surface area contributed by atoms with E-state index in [9.17, 15) is 12.3 Å². The van der Waals surface area contributed by atoms with Crippen LogP contribution in [0.4, 0.5) is 3.89 Å². The monoisotopic (exact) mass is 315 g/mol. The highest BCUT2D eigenvalue weighted by molar-refractivity contribution is 7.93. The molecule has 20 heavy (non-hydrogen) atoms. The zero-order valence-electron chi connectivity index (χ0n) is 10.0. The minimum absolute atomic E-state index is 0.319. The van der Waals surface area contributed by atoms with Crippen molar-refractivity contribution in [3.8, 4) is 11.5 Å². The van der Waals surface area contributed by atoms with Gasteiger partial charge in [0.15, 0.2) is 0 Å². The third-order valence-corrected chi connectivity index (χ3v) is 3.84. The van der Waals surface area contributed by atoms with E-state index < -0.39 is 21.7 Å². The molecule has 106 valence electrons. The van der Waals surface area contributed by atoms with Crippen molar-refractivity contribution in [3.05, 3.63) is 60.7 Å². The zero-order chi connectivity index (χ0) is 14.4. The first-order valence-electron chi connectivity index (χ1n) is 5.42. The van der Waals surface area contributed by atoms with Gasteiger partial charge >= 0.3 is 21.7 Å². The van der Waals surface area contributed by atoms with E-state index >= 15 is 0 Å². The highest BCUT2D eigenvalue weighted by atomic mass is 32.3. The van der Waals surface area contributed by atoms with E-state index in [-0.39, 0.29) is 0 Å². The number of benzene rings is 2. The Morgan fingerprint density at radius 2 is 1.25 bits per heavy atom. The first kappa shape index (κ1) is 14.5. The van der Waals surface area contributed by atoms with Crippen LogP contribution in [0.2, 0.25) is 0 Å². The Morgan fingerprint density at radius 3 is 1.60 bits per heavy atom. The van der Waals surface area contributed by atoms with Crippen molar-refractivity contribution in [2.24, 2.45) is 3.77 Å². The van der Waals surface area contributed by atoms with Crippen LogP contribution < -0.4 is 8.37 Å². The van der Waals surface area contributed by atoms with Crippen molar-refractivity contribution in [1.82, 2.24) is 0 Å². The first-order chi connectivity index (χ1) is 9.53. The van der Waals surface area contributed by atoms with Crippen LogP contribution in [0.5, 0.6) is 11.5 Å². The van der Waals surface area contributed by atoms with Crippen LogP contribution >= 0.6 is 0 Å². The van der Waals surface area contributed by atoms with Crippen molar-refractivity contribution >= 4 is 21.7 Å². The van der Waals surface area contributed by atoms with Crippen molar-refractivity contribution in [2.45, 2.75) is 0 Å². The van der Waals surface area contributed by atoms with E-state index in [4.69, 9.17) is 8.37 Å². The fraction of sp³-hybridized carbons (Fsp3) is 0. The van der Waals surface area contributed by atoms with E-state index in [1.807, 2.05) is 0 Å². The molecule has 0 unspecified atom stereocenters. The lowest BCUT2D eigenvalue weighted by atomic mass is 10.3. The number of rotatable bonds is 5. The van der Waals surface area contributed by atoms with Crippen molar-refractivity contribution < 1.29 is 20.7 Å². The molecule has 0 aliphatic rings. The summed E-state index contributed by atoms with van der Waals surface area (Å²) in [5.74, 6) is 0.637. The predicted molar refractivity (Wildman–Crippen MR) is 74.0 cm³/mol. The maximum Gasteiger partial charge on any atom is 0.429 e. The minimum Gasteiger partial charge on any atom is -0.386 e. The smallest absolute Gasteiger partial charge is 0.386 e. The lowest BCUT2D eigenvalue weighted by Gasteiger charge is -2.09. The molecule has 0 bridgehead atoms. The van der Waals surface area contributed by atoms with Crippen LogP contribution in [0.25, 0.3) is 0 Å². The van der Waals surface area contributed by atoms with E-state index in [0.717, 1.165) is 0 Å². The second-order valence-corrected chi connectivity index (χ2v) is 5.68. The standard InChI is InChI=1S/C12H10FNO4S2/c13-20(15,16)14-19(17-11-7-3-1-4-8-11)18-12-9-5-2-6-10-12/h1-10H. The molecular weight excluding hydrogens is 305 g/mol. The van der Waals surface area contributed by atoms with Crippen LogP contribution in [0.3, 0.4) is 0 Å². The third kappa shape index (κ3) is 4.98. The molecule has 0 amide bonds. The number of halogens is 1. The first-order valence-corrected chi connectivity index (χ1v) is 7.79. The van der Waals surface area contributed by atoms with Crippen LogP contribution in [-0.4, -0.2) is 8.42 Å². The van der Waals surface area contributed by atoms with E-state index in [0.29, 0.717) is 11.5 Å². The Labute approximate surface area is 118 Å². The van der Waals surface area contributed by atoms with E-state index in [1.54, 1.807) is 60.7 Å². The van der Waals surface area contributed by atoms with Gasteiger partial charge in [0.1, 0.15) is 11.5 Å². The molecule has 0 N–H and O–H groups in total. The lowest BCUT2D eigenvalue weighted by molar-refractivity contribution is 0.518. The quantitative estimate of drug-likeness (QED) is 0.796. The molecule has 2 aromatic carbocycles. The Balaban J connectivity index is 2.24. The molecule has 5 nitrogen and oxygen atoms in total. The van der Waals surface area contributed by atoms with Crippen LogP contribution in [0.1, 0.15) is 0 Å². The third-order valence-electron chi connectivity index (χ3n) is 1.97.